The van der Waals surface area contributed by atoms with Gasteiger partial charge in [-0.1, -0.05) is 30.3 Å². The Bertz CT molecular complexity index is 1230. The first-order valence-corrected chi connectivity index (χ1v) is 12.7. The maximum Gasteiger partial charge on any atom is 0.264 e. The average molecular weight is 577 g/mol. The zero-order chi connectivity index (χ0) is 24.0. The topological polar surface area (TPSA) is 95.6 Å². The number of rotatable bonds is 8. The molecule has 3 aromatic rings. The highest BCUT2D eigenvalue weighted by atomic mass is 127. The number of halogens is 1. The number of nitrogens with zero attached hydrogens (tertiary/aromatic N) is 1. The van der Waals surface area contributed by atoms with Crippen LogP contribution in [0.5, 0.6) is 0 Å². The molecule has 0 spiro atoms. The van der Waals surface area contributed by atoms with Crippen LogP contribution < -0.4 is 14.9 Å². The van der Waals surface area contributed by atoms with Gasteiger partial charge in [0.1, 0.15) is 6.54 Å². The molecule has 7 nitrogen and oxygen atoms in total. The summed E-state index contributed by atoms with van der Waals surface area (Å²) in [6, 6.07) is 21.3. The van der Waals surface area contributed by atoms with Gasteiger partial charge in [-0.25, -0.2) is 8.42 Å². The van der Waals surface area contributed by atoms with E-state index in [0.717, 1.165) is 7.88 Å². The number of nitrogens with one attached hydrogen (secondary N) is 2. The Hall–Kier alpha value is -2.92. The highest BCUT2D eigenvalue weighted by Gasteiger charge is 2.27. The van der Waals surface area contributed by atoms with Gasteiger partial charge in [0, 0.05) is 9.61 Å². The molecule has 33 heavy (non-hydrogen) atoms. The zero-order valence-corrected chi connectivity index (χ0v) is 21.1. The van der Waals surface area contributed by atoms with Crippen LogP contribution in [0.2, 0.25) is 0 Å². The molecule has 0 aliphatic carbocycles. The van der Waals surface area contributed by atoms with Crippen LogP contribution in [0.1, 0.15) is 24.2 Å². The normalized spacial score (nSPS) is 11.2. The van der Waals surface area contributed by atoms with E-state index in [1.807, 2.05) is 13.8 Å². The van der Waals surface area contributed by atoms with Gasteiger partial charge in [-0.15, -0.1) is 0 Å². The molecule has 0 aliphatic heterocycles. The molecule has 0 heterocycles. The standard InChI is InChI=1S/C24H24IN3O4S/c1-17(2)26-24(30)21-10-6-7-11-22(21)27-23(29)16-28(19-14-12-18(25)13-15-19)33(31,32)20-8-4-3-5-9-20/h3-15,17H,16H2,1-2H3,(H,26,30)(H,27,29). The third-order valence-corrected chi connectivity index (χ3v) is 7.11. The summed E-state index contributed by atoms with van der Waals surface area (Å²) >= 11 is 2.13. The Morgan fingerprint density at radius 3 is 2.15 bits per heavy atom. The first-order valence-electron chi connectivity index (χ1n) is 10.2. The van der Waals surface area contributed by atoms with Gasteiger partial charge < -0.3 is 10.6 Å². The monoisotopic (exact) mass is 577 g/mol. The molecule has 0 atom stereocenters. The zero-order valence-electron chi connectivity index (χ0n) is 18.2. The Labute approximate surface area is 207 Å². The van der Waals surface area contributed by atoms with Crippen LogP contribution in [-0.4, -0.2) is 32.8 Å². The quantitative estimate of drug-likeness (QED) is 0.392. The maximum atomic E-state index is 13.4. The van der Waals surface area contributed by atoms with E-state index in [2.05, 4.69) is 33.2 Å². The molecule has 9 heteroatoms. The van der Waals surface area contributed by atoms with Gasteiger partial charge >= 0.3 is 0 Å². The minimum atomic E-state index is -4.01. The van der Waals surface area contributed by atoms with Crippen molar-refractivity contribution in [3.05, 3.63) is 88.0 Å². The molecule has 172 valence electrons. The molecule has 0 bridgehead atoms. The molecule has 2 amide bonds. The van der Waals surface area contributed by atoms with Gasteiger partial charge in [-0.3, -0.25) is 13.9 Å². The highest BCUT2D eigenvalue weighted by molar-refractivity contribution is 14.1. The van der Waals surface area contributed by atoms with Crippen molar-refractivity contribution >= 4 is 55.8 Å². The van der Waals surface area contributed by atoms with Crippen molar-refractivity contribution in [2.45, 2.75) is 24.8 Å². The highest BCUT2D eigenvalue weighted by Crippen LogP contribution is 2.25. The smallest absolute Gasteiger partial charge is 0.264 e. The second-order valence-corrected chi connectivity index (χ2v) is 10.6. The summed E-state index contributed by atoms with van der Waals surface area (Å²) in [5, 5.41) is 5.49. The molecule has 0 aliphatic rings. The van der Waals surface area contributed by atoms with Crippen LogP contribution in [0.3, 0.4) is 0 Å². The van der Waals surface area contributed by atoms with Gasteiger partial charge in [0.05, 0.1) is 21.8 Å². The van der Waals surface area contributed by atoms with Crippen LogP contribution in [0.25, 0.3) is 0 Å². The van der Waals surface area contributed by atoms with E-state index < -0.39 is 22.5 Å². The number of anilines is 2. The molecule has 0 radical (unpaired) electrons. The van der Waals surface area contributed by atoms with Crippen molar-refractivity contribution in [3.63, 3.8) is 0 Å². The summed E-state index contributed by atoms with van der Waals surface area (Å²) in [7, 11) is -4.01. The molecule has 0 fully saturated rings. The Morgan fingerprint density at radius 2 is 1.52 bits per heavy atom. The molecule has 3 aromatic carbocycles. The van der Waals surface area contributed by atoms with Gasteiger partial charge in [-0.05, 0) is 85.0 Å². The largest absolute Gasteiger partial charge is 0.350 e. The Kier molecular flexibility index (Phi) is 8.09. The summed E-state index contributed by atoms with van der Waals surface area (Å²) in [5.74, 6) is -0.898. The molecule has 3 rings (SSSR count). The van der Waals surface area contributed by atoms with E-state index in [0.29, 0.717) is 16.9 Å². The number of carbonyl (C=O) groups excluding carboxylic acids is 2. The predicted molar refractivity (Wildman–Crippen MR) is 138 cm³/mol. The van der Waals surface area contributed by atoms with Crippen molar-refractivity contribution in [3.8, 4) is 0 Å². The molecular formula is C24H24IN3O4S. The summed E-state index contributed by atoms with van der Waals surface area (Å²) in [4.78, 5) is 25.6. The average Bonchev–Trinajstić information content (AvgIpc) is 2.78. The van der Waals surface area contributed by atoms with E-state index in [4.69, 9.17) is 0 Å². The lowest BCUT2D eigenvalue weighted by Crippen LogP contribution is -2.38. The maximum absolute atomic E-state index is 13.4. The van der Waals surface area contributed by atoms with Crippen LogP contribution in [0.4, 0.5) is 11.4 Å². The fourth-order valence-corrected chi connectivity index (χ4v) is 4.89. The molecule has 0 saturated carbocycles. The molecular weight excluding hydrogens is 553 g/mol. The summed E-state index contributed by atoms with van der Waals surface area (Å²) in [6.07, 6.45) is 0. The van der Waals surface area contributed by atoms with Crippen molar-refractivity contribution in [2.24, 2.45) is 0 Å². The molecule has 0 aromatic heterocycles. The van der Waals surface area contributed by atoms with Gasteiger partial charge in [0.25, 0.3) is 15.9 Å². The molecule has 0 saturated heterocycles. The van der Waals surface area contributed by atoms with Crippen LogP contribution in [0, 0.1) is 3.57 Å². The third-order valence-electron chi connectivity index (χ3n) is 4.60. The number of benzene rings is 3. The number of hydrogen-bond donors (Lipinski definition) is 2. The summed E-state index contributed by atoms with van der Waals surface area (Å²) in [5.41, 5.74) is 0.965. The predicted octanol–water partition coefficient (Wildman–Crippen LogP) is 4.26. The van der Waals surface area contributed by atoms with E-state index in [1.165, 1.54) is 12.1 Å². The lowest BCUT2D eigenvalue weighted by molar-refractivity contribution is -0.114. The van der Waals surface area contributed by atoms with E-state index in [9.17, 15) is 18.0 Å². The minimum absolute atomic E-state index is 0.0753. The summed E-state index contributed by atoms with van der Waals surface area (Å²) < 4.78 is 28.8. The number of para-hydroxylation sites is 1. The molecule has 0 unspecified atom stereocenters. The van der Waals surface area contributed by atoms with Crippen molar-refractivity contribution in [2.75, 3.05) is 16.2 Å². The van der Waals surface area contributed by atoms with E-state index >= 15 is 0 Å². The van der Waals surface area contributed by atoms with Crippen molar-refractivity contribution in [1.29, 1.82) is 0 Å². The first kappa shape index (κ1) is 24.7. The van der Waals surface area contributed by atoms with E-state index in [1.54, 1.807) is 66.7 Å². The second-order valence-electron chi connectivity index (χ2n) is 7.52. The van der Waals surface area contributed by atoms with Crippen LogP contribution in [-0.2, 0) is 14.8 Å². The lowest BCUT2D eigenvalue weighted by atomic mass is 10.1. The van der Waals surface area contributed by atoms with E-state index in [-0.39, 0.29) is 16.8 Å². The second kappa shape index (κ2) is 10.8. The fraction of sp³-hybridized carbons (Fsp3) is 0.167. The number of carbonyl (C=O) groups is 2. The SMILES string of the molecule is CC(C)NC(=O)c1ccccc1NC(=O)CN(c1ccc(I)cc1)S(=O)(=O)c1ccccc1. The van der Waals surface area contributed by atoms with Crippen LogP contribution >= 0.6 is 22.6 Å². The van der Waals surface area contributed by atoms with Gasteiger partial charge in [0.2, 0.25) is 5.91 Å². The number of hydrogen-bond acceptors (Lipinski definition) is 4. The number of amides is 2. The molecule has 2 N–H and O–H groups in total. The Morgan fingerprint density at radius 1 is 0.909 bits per heavy atom. The first-order chi connectivity index (χ1) is 15.7. The van der Waals surface area contributed by atoms with Crippen molar-refractivity contribution in [1.82, 2.24) is 5.32 Å². The van der Waals surface area contributed by atoms with Crippen molar-refractivity contribution < 1.29 is 18.0 Å². The van der Waals surface area contributed by atoms with Crippen LogP contribution in [0.15, 0.2) is 83.8 Å². The van der Waals surface area contributed by atoms with Gasteiger partial charge in [0.15, 0.2) is 0 Å². The summed E-state index contributed by atoms with van der Waals surface area (Å²) in [6.45, 7) is 3.22. The Balaban J connectivity index is 1.91. The minimum Gasteiger partial charge on any atom is -0.350 e. The lowest BCUT2D eigenvalue weighted by Gasteiger charge is -2.24. The van der Waals surface area contributed by atoms with Gasteiger partial charge in [-0.2, -0.15) is 0 Å². The number of sulfonamides is 1. The fourth-order valence-electron chi connectivity index (χ4n) is 3.09. The third kappa shape index (κ3) is 6.32.